The van der Waals surface area contributed by atoms with Crippen molar-refractivity contribution in [2.75, 3.05) is 33.9 Å². The molecule has 0 fully saturated rings. The third-order valence-corrected chi connectivity index (χ3v) is 8.50. The maximum absolute atomic E-state index is 14.3. The van der Waals surface area contributed by atoms with E-state index in [9.17, 15) is 29.0 Å². The van der Waals surface area contributed by atoms with Gasteiger partial charge in [0.25, 0.3) is 5.91 Å². The monoisotopic (exact) mass is 644 g/mol. The summed E-state index contributed by atoms with van der Waals surface area (Å²) >= 11 is 0. The largest absolute Gasteiger partial charge is 0.493 e. The Bertz CT molecular complexity index is 1870. The fourth-order valence-corrected chi connectivity index (χ4v) is 6.33. The quantitative estimate of drug-likeness (QED) is 0.209. The number of ether oxygens (including phenoxy) is 3. The summed E-state index contributed by atoms with van der Waals surface area (Å²) in [5, 5.41) is 24.6. The van der Waals surface area contributed by atoms with E-state index in [0.717, 1.165) is 0 Å². The number of halogens is 1. The Morgan fingerprint density at radius 1 is 1.06 bits per heavy atom. The average Bonchev–Trinajstić information content (AvgIpc) is 3.70. The van der Waals surface area contributed by atoms with Gasteiger partial charge in [0.2, 0.25) is 5.91 Å². The minimum Gasteiger partial charge on any atom is -0.493 e. The van der Waals surface area contributed by atoms with E-state index in [1.54, 1.807) is 42.5 Å². The lowest BCUT2D eigenvalue weighted by atomic mass is 9.77. The van der Waals surface area contributed by atoms with Gasteiger partial charge in [-0.3, -0.25) is 14.4 Å². The molecule has 0 spiro atoms. The number of carbonyl (C=O) groups excluding carboxylic acids is 3. The summed E-state index contributed by atoms with van der Waals surface area (Å²) in [6, 6.07) is 14.7. The molecular formula is C35H33FN2O9. The minimum atomic E-state index is -1.37. The highest BCUT2D eigenvalue weighted by molar-refractivity contribution is 5.99. The van der Waals surface area contributed by atoms with Crippen molar-refractivity contribution in [2.24, 2.45) is 0 Å². The number of carbonyl (C=O) groups is 3. The van der Waals surface area contributed by atoms with E-state index >= 15 is 0 Å². The molecule has 0 saturated heterocycles. The highest BCUT2D eigenvalue weighted by Gasteiger charge is 2.51. The topological polar surface area (TPSA) is 148 Å². The van der Waals surface area contributed by atoms with Gasteiger partial charge in [-0.2, -0.15) is 0 Å². The Hall–Kier alpha value is -5.20. The molecule has 1 aliphatic carbocycles. The first-order valence-corrected chi connectivity index (χ1v) is 15.0. The molecule has 4 atom stereocenters. The summed E-state index contributed by atoms with van der Waals surface area (Å²) in [6.45, 7) is -0.360. The van der Waals surface area contributed by atoms with Crippen LogP contribution >= 0.6 is 0 Å². The number of aliphatic hydroxyl groups is 2. The van der Waals surface area contributed by atoms with E-state index in [1.165, 1.54) is 43.4 Å². The Morgan fingerprint density at radius 2 is 1.85 bits per heavy atom. The van der Waals surface area contributed by atoms with E-state index in [4.69, 9.17) is 18.6 Å². The molecule has 0 radical (unpaired) electrons. The molecule has 3 aromatic carbocycles. The fraction of sp³-hybridized carbons (Fsp3) is 0.286. The van der Waals surface area contributed by atoms with Crippen molar-refractivity contribution in [3.05, 3.63) is 101 Å². The zero-order valence-corrected chi connectivity index (χ0v) is 25.6. The van der Waals surface area contributed by atoms with Crippen LogP contribution in [0.2, 0.25) is 0 Å². The molecular weight excluding hydrogens is 611 g/mol. The molecule has 4 aromatic rings. The third kappa shape index (κ3) is 5.93. The van der Waals surface area contributed by atoms with Crippen LogP contribution in [0.4, 0.5) is 4.39 Å². The number of para-hydroxylation sites is 1. The van der Waals surface area contributed by atoms with Crippen molar-refractivity contribution < 1.29 is 47.6 Å². The van der Waals surface area contributed by atoms with Crippen molar-refractivity contribution in [1.82, 2.24) is 10.2 Å². The second kappa shape index (κ2) is 13.3. The summed E-state index contributed by atoms with van der Waals surface area (Å²) in [4.78, 5) is 41.1. The first-order valence-electron chi connectivity index (χ1n) is 15.0. The van der Waals surface area contributed by atoms with Crippen LogP contribution in [0.1, 0.15) is 38.0 Å². The lowest BCUT2D eigenvalue weighted by Crippen LogP contribution is -2.56. The number of nitrogens with zero attached hydrogens (tertiary/aromatic N) is 1. The molecule has 244 valence electrons. The maximum atomic E-state index is 14.3. The first-order chi connectivity index (χ1) is 22.8. The van der Waals surface area contributed by atoms with Gasteiger partial charge in [-0.1, -0.05) is 24.3 Å². The van der Waals surface area contributed by atoms with E-state index < -0.39 is 41.8 Å². The zero-order chi connectivity index (χ0) is 33.2. The summed E-state index contributed by atoms with van der Waals surface area (Å²) < 4.78 is 37.2. The van der Waals surface area contributed by atoms with Crippen molar-refractivity contribution in [2.45, 2.75) is 30.6 Å². The number of hydrogen-bond donors (Lipinski definition) is 3. The molecule has 11 nitrogen and oxygen atoms in total. The van der Waals surface area contributed by atoms with Crippen LogP contribution in [0.15, 0.2) is 76.7 Å². The van der Waals surface area contributed by atoms with Crippen LogP contribution < -0.4 is 19.5 Å². The second-order valence-corrected chi connectivity index (χ2v) is 11.3. The van der Waals surface area contributed by atoms with E-state index in [2.05, 4.69) is 5.32 Å². The number of amides is 2. The van der Waals surface area contributed by atoms with Gasteiger partial charge in [-0.25, -0.2) is 4.39 Å². The molecule has 2 aliphatic rings. The van der Waals surface area contributed by atoms with Crippen LogP contribution in [0.3, 0.4) is 0 Å². The third-order valence-electron chi connectivity index (χ3n) is 8.50. The molecule has 47 heavy (non-hydrogen) atoms. The highest BCUT2D eigenvalue weighted by Crippen LogP contribution is 2.51. The van der Waals surface area contributed by atoms with Crippen LogP contribution in [0, 0.1) is 5.82 Å². The number of rotatable bonds is 11. The van der Waals surface area contributed by atoms with Crippen LogP contribution in [0.25, 0.3) is 11.0 Å². The predicted octanol–water partition coefficient (Wildman–Crippen LogP) is 3.41. The van der Waals surface area contributed by atoms with Gasteiger partial charge >= 0.3 is 0 Å². The van der Waals surface area contributed by atoms with Gasteiger partial charge in [0.05, 0.1) is 32.8 Å². The first kappa shape index (κ1) is 31.8. The molecule has 1 aliphatic heterocycles. The molecule has 0 saturated carbocycles. The van der Waals surface area contributed by atoms with Gasteiger partial charge in [-0.15, -0.1) is 0 Å². The smallest absolute Gasteiger partial charge is 0.290 e. The fourth-order valence-electron chi connectivity index (χ4n) is 6.33. The summed E-state index contributed by atoms with van der Waals surface area (Å²) in [6.07, 6.45) is -0.0822. The normalized spacial score (nSPS) is 19.6. The number of furan rings is 1. The lowest BCUT2D eigenvalue weighted by molar-refractivity contribution is -0.118. The molecule has 6 rings (SSSR count). The lowest BCUT2D eigenvalue weighted by Gasteiger charge is -2.40. The maximum Gasteiger partial charge on any atom is 0.290 e. The van der Waals surface area contributed by atoms with Gasteiger partial charge in [-0.05, 0) is 54.5 Å². The Kier molecular flexibility index (Phi) is 8.97. The standard InChI is InChI=1S/C35H33FN2O9/c1-44-26-8-4-6-21-16-28(46-31(21)26)35(43)38(11-9-19-5-3-7-22(36)13-19)25-17-24(34(42)37-10-12-39)29-23-14-20(18-40)15-27(45-2)32(23)47-33(29)30(25)41/h3-8,13-18,25,29-30,33,39,41H,9-12H2,1-2H3,(H,37,42). The van der Waals surface area contributed by atoms with E-state index in [0.29, 0.717) is 34.1 Å². The molecule has 0 bridgehead atoms. The van der Waals surface area contributed by atoms with Crippen molar-refractivity contribution in [3.63, 3.8) is 0 Å². The Balaban J connectivity index is 1.46. The number of hydrogen-bond acceptors (Lipinski definition) is 9. The van der Waals surface area contributed by atoms with Gasteiger partial charge in [0.1, 0.15) is 24.3 Å². The van der Waals surface area contributed by atoms with Gasteiger partial charge in [0, 0.05) is 35.2 Å². The molecule has 1 aromatic heterocycles. The van der Waals surface area contributed by atoms with E-state index in [1.807, 2.05) is 0 Å². The Labute approximate surface area is 269 Å². The minimum absolute atomic E-state index is 0.00315. The molecule has 4 unspecified atom stereocenters. The van der Waals surface area contributed by atoms with Gasteiger partial charge in [0.15, 0.2) is 28.6 Å². The van der Waals surface area contributed by atoms with Crippen molar-refractivity contribution in [3.8, 4) is 17.2 Å². The summed E-state index contributed by atoms with van der Waals surface area (Å²) in [5.74, 6) is -1.52. The van der Waals surface area contributed by atoms with E-state index in [-0.39, 0.29) is 54.5 Å². The molecule has 3 N–H and O–H groups in total. The number of fused-ring (bicyclic) bond motifs is 4. The number of methoxy groups -OCH3 is 2. The number of aliphatic hydroxyl groups excluding tert-OH is 2. The molecule has 12 heteroatoms. The van der Waals surface area contributed by atoms with Crippen LogP contribution in [-0.2, 0) is 11.2 Å². The SMILES string of the molecule is COc1cc(C=O)cc2c1OC1C2C(C(=O)NCCO)=CC(N(CCc2cccc(F)c2)C(=O)c2cc3cccc(OC)c3o2)C1O. The van der Waals surface area contributed by atoms with Gasteiger partial charge < -0.3 is 39.1 Å². The highest BCUT2D eigenvalue weighted by atomic mass is 19.1. The predicted molar refractivity (Wildman–Crippen MR) is 167 cm³/mol. The van der Waals surface area contributed by atoms with Crippen LogP contribution in [-0.4, -0.2) is 85.4 Å². The Morgan fingerprint density at radius 3 is 2.57 bits per heavy atom. The summed E-state index contributed by atoms with van der Waals surface area (Å²) in [7, 11) is 2.90. The number of nitrogens with one attached hydrogen (secondary N) is 1. The number of benzene rings is 3. The second-order valence-electron chi connectivity index (χ2n) is 11.3. The zero-order valence-electron chi connectivity index (χ0n) is 25.6. The summed E-state index contributed by atoms with van der Waals surface area (Å²) in [5.41, 5.74) is 1.88. The van der Waals surface area contributed by atoms with Crippen molar-refractivity contribution in [1.29, 1.82) is 0 Å². The average molecular weight is 645 g/mol. The van der Waals surface area contributed by atoms with Crippen molar-refractivity contribution >= 4 is 29.1 Å². The van der Waals surface area contributed by atoms with Crippen LogP contribution in [0.5, 0.6) is 17.2 Å². The molecule has 2 heterocycles. The molecule has 2 amide bonds. The number of aldehydes is 1.